The molecule has 6 aromatic rings. The van der Waals surface area contributed by atoms with Crippen molar-refractivity contribution < 1.29 is 46.8 Å². The third kappa shape index (κ3) is 9.74. The normalized spacial score (nSPS) is 20.2. The first-order valence-corrected chi connectivity index (χ1v) is 22.4. The molecule has 12 nitrogen and oxygen atoms in total. The molecular formula is C49H50N2O10S. The molecule has 0 bridgehead atoms. The Labute approximate surface area is 361 Å². The van der Waals surface area contributed by atoms with E-state index in [0.717, 1.165) is 28.5 Å². The number of carbonyl (C=O) groups excluding carboxylic acids is 2. The number of fused-ring (bicyclic) bond motifs is 2. The van der Waals surface area contributed by atoms with Crippen LogP contribution in [0.3, 0.4) is 0 Å². The Morgan fingerprint density at radius 3 is 1.87 bits per heavy atom. The summed E-state index contributed by atoms with van der Waals surface area (Å²) in [5, 5.41) is 12.7. The van der Waals surface area contributed by atoms with E-state index in [1.54, 1.807) is 72.9 Å². The maximum atomic E-state index is 13.7. The number of nitrogens with zero attached hydrogens (tertiary/aromatic N) is 2. The maximum absolute atomic E-state index is 13.7. The fourth-order valence-electron chi connectivity index (χ4n) is 7.99. The van der Waals surface area contributed by atoms with Crippen LogP contribution in [0.2, 0.25) is 0 Å². The smallest absolute Gasteiger partial charge is 0.268 e. The monoisotopic (exact) mass is 858 g/mol. The van der Waals surface area contributed by atoms with Gasteiger partial charge in [0.15, 0.2) is 6.29 Å². The Kier molecular flexibility index (Phi) is 14.0. The molecule has 5 atom stereocenters. The first-order valence-electron chi connectivity index (χ1n) is 21.0. The van der Waals surface area contributed by atoms with Crippen LogP contribution in [0.5, 0.6) is 0 Å². The van der Waals surface area contributed by atoms with Crippen LogP contribution in [0.4, 0.5) is 0 Å². The summed E-state index contributed by atoms with van der Waals surface area (Å²) in [5.41, 5.74) is 4.05. The van der Waals surface area contributed by atoms with Crippen molar-refractivity contribution in [2.75, 3.05) is 26.4 Å². The van der Waals surface area contributed by atoms with Crippen molar-refractivity contribution in [3.8, 4) is 0 Å². The summed E-state index contributed by atoms with van der Waals surface area (Å²) in [6.45, 7) is 1.36. The molecule has 3 heterocycles. The van der Waals surface area contributed by atoms with Crippen molar-refractivity contribution >= 4 is 32.7 Å². The molecule has 1 saturated heterocycles. The standard InChI is InChI=1S/C49H50N2O10S/c52-44-46(60-33-36-19-7-2-8-20-36)45(59-32-35-17-5-1-6-18-35)43(34-57-29-16-4-15-28-50-47(53)40-24-11-12-25-41(40)48(50)54)61-49(44)58-30-27-37-31-51(42-26-14-13-23-39(37)42)62(55,56)38-21-9-3-10-22-38/h1-3,5-14,17-26,31,43-46,49,52H,4,15-16,27-30,32-34H2/t43-,44-,45-,46-,49-/m1/s1. The molecular weight excluding hydrogens is 809 g/mol. The number of ether oxygens (including phenoxy) is 5. The topological polar surface area (TPSA) is 143 Å². The van der Waals surface area contributed by atoms with E-state index in [1.807, 2.05) is 72.8 Å². The second-order valence-corrected chi connectivity index (χ2v) is 17.2. The number of benzene rings is 5. The quantitative estimate of drug-likeness (QED) is 0.0620. The summed E-state index contributed by atoms with van der Waals surface area (Å²) in [4.78, 5) is 27.1. The summed E-state index contributed by atoms with van der Waals surface area (Å²) in [6, 6.07) is 41.9. The van der Waals surface area contributed by atoms with Gasteiger partial charge in [-0.3, -0.25) is 14.5 Å². The summed E-state index contributed by atoms with van der Waals surface area (Å²) in [6.07, 6.45) is -0.707. The Morgan fingerprint density at radius 2 is 1.21 bits per heavy atom. The van der Waals surface area contributed by atoms with Crippen LogP contribution in [0.15, 0.2) is 151 Å². The van der Waals surface area contributed by atoms with Crippen molar-refractivity contribution in [1.29, 1.82) is 0 Å². The minimum atomic E-state index is -3.87. The van der Waals surface area contributed by atoms with Gasteiger partial charge >= 0.3 is 0 Å². The zero-order valence-corrected chi connectivity index (χ0v) is 35.1. The van der Waals surface area contributed by atoms with E-state index >= 15 is 0 Å². The lowest BCUT2D eigenvalue weighted by Gasteiger charge is -2.44. The van der Waals surface area contributed by atoms with Crippen LogP contribution in [0, 0.1) is 0 Å². The van der Waals surface area contributed by atoms with E-state index in [0.29, 0.717) is 49.1 Å². The number of unbranched alkanes of at least 4 members (excludes halogenated alkanes) is 2. The highest BCUT2D eigenvalue weighted by molar-refractivity contribution is 7.90. The molecule has 62 heavy (non-hydrogen) atoms. The predicted molar refractivity (Wildman–Crippen MR) is 232 cm³/mol. The highest BCUT2D eigenvalue weighted by Crippen LogP contribution is 2.31. The summed E-state index contributed by atoms with van der Waals surface area (Å²) in [7, 11) is -3.87. The highest BCUT2D eigenvalue weighted by Gasteiger charge is 2.47. The molecule has 1 aromatic heterocycles. The first-order chi connectivity index (χ1) is 30.3. The highest BCUT2D eigenvalue weighted by atomic mass is 32.2. The van der Waals surface area contributed by atoms with Crippen molar-refractivity contribution in [1.82, 2.24) is 8.87 Å². The van der Waals surface area contributed by atoms with Gasteiger partial charge in [-0.2, -0.15) is 0 Å². The number of hydrogen-bond donors (Lipinski definition) is 1. The van der Waals surface area contributed by atoms with E-state index in [2.05, 4.69) is 0 Å². The minimum absolute atomic E-state index is 0.0999. The van der Waals surface area contributed by atoms with Crippen LogP contribution >= 0.6 is 0 Å². The maximum Gasteiger partial charge on any atom is 0.268 e. The molecule has 0 spiro atoms. The SMILES string of the molecule is O=C1c2ccccc2C(=O)N1CCCCCOC[C@H]1O[C@@H](OCCc2cn(S(=O)(=O)c3ccccc3)c3ccccc23)[C@H](O)[C@@H](OCc2ccccc2)[C@@H]1OCc1ccccc1. The summed E-state index contributed by atoms with van der Waals surface area (Å²) >= 11 is 0. The number of aliphatic hydroxyl groups is 1. The molecule has 0 aliphatic carbocycles. The van der Waals surface area contributed by atoms with Gasteiger partial charge < -0.3 is 28.8 Å². The van der Waals surface area contributed by atoms with Crippen LogP contribution in [-0.4, -0.2) is 91.3 Å². The average molecular weight is 859 g/mol. The van der Waals surface area contributed by atoms with Crippen molar-refractivity contribution in [2.45, 2.75) is 74.5 Å². The number of rotatable bonds is 20. The van der Waals surface area contributed by atoms with Crippen molar-refractivity contribution in [3.63, 3.8) is 0 Å². The zero-order valence-electron chi connectivity index (χ0n) is 34.2. The second kappa shape index (κ2) is 20.1. The fraction of sp³-hybridized carbons (Fsp3) is 0.306. The Morgan fingerprint density at radius 1 is 0.629 bits per heavy atom. The Bertz CT molecular complexity index is 2500. The van der Waals surface area contributed by atoms with E-state index < -0.39 is 40.7 Å². The number of para-hydroxylation sites is 1. The lowest BCUT2D eigenvalue weighted by Crippen LogP contribution is -2.61. The van der Waals surface area contributed by atoms with Gasteiger partial charge in [-0.15, -0.1) is 0 Å². The third-order valence-corrected chi connectivity index (χ3v) is 12.9. The largest absolute Gasteiger partial charge is 0.385 e. The van der Waals surface area contributed by atoms with Gasteiger partial charge in [0, 0.05) is 24.7 Å². The van der Waals surface area contributed by atoms with Crippen molar-refractivity contribution in [3.05, 3.63) is 174 Å². The molecule has 2 aliphatic rings. The molecule has 0 radical (unpaired) electrons. The van der Waals surface area contributed by atoms with Gasteiger partial charge in [0.2, 0.25) is 0 Å². The molecule has 0 saturated carbocycles. The molecule has 0 unspecified atom stereocenters. The van der Waals surface area contributed by atoms with Gasteiger partial charge in [-0.05, 0) is 72.7 Å². The summed E-state index contributed by atoms with van der Waals surface area (Å²) in [5.74, 6) is -0.521. The number of aromatic nitrogens is 1. The van der Waals surface area contributed by atoms with E-state index in [1.165, 1.54) is 8.87 Å². The third-order valence-electron chi connectivity index (χ3n) is 11.2. The Hall–Kier alpha value is -5.51. The van der Waals surface area contributed by atoms with Gasteiger partial charge in [-0.25, -0.2) is 12.4 Å². The minimum Gasteiger partial charge on any atom is -0.385 e. The lowest BCUT2D eigenvalue weighted by molar-refractivity contribution is -0.318. The van der Waals surface area contributed by atoms with Gasteiger partial charge in [0.05, 0.1) is 48.0 Å². The molecule has 2 amide bonds. The van der Waals surface area contributed by atoms with Crippen LogP contribution < -0.4 is 0 Å². The molecule has 13 heteroatoms. The lowest BCUT2D eigenvalue weighted by atomic mass is 9.98. The molecule has 1 N–H and O–H groups in total. The molecule has 8 rings (SSSR count). The first kappa shape index (κ1) is 43.2. The van der Waals surface area contributed by atoms with Crippen LogP contribution in [0.1, 0.15) is 56.7 Å². The Balaban J connectivity index is 0.948. The van der Waals surface area contributed by atoms with Crippen LogP contribution in [-0.2, 0) is 53.3 Å². The predicted octanol–water partition coefficient (Wildman–Crippen LogP) is 7.18. The zero-order chi connectivity index (χ0) is 42.9. The number of hydrogen-bond acceptors (Lipinski definition) is 10. The number of aliphatic hydroxyl groups excluding tert-OH is 1. The molecule has 5 aromatic carbocycles. The van der Waals surface area contributed by atoms with E-state index in [4.69, 9.17) is 23.7 Å². The molecule has 2 aliphatic heterocycles. The summed E-state index contributed by atoms with van der Waals surface area (Å²) < 4.78 is 60.8. The number of amides is 2. The van der Waals surface area contributed by atoms with Gasteiger partial charge in [-0.1, -0.05) is 109 Å². The average Bonchev–Trinajstić information content (AvgIpc) is 3.80. The molecule has 1 fully saturated rings. The fourth-order valence-corrected chi connectivity index (χ4v) is 9.40. The van der Waals surface area contributed by atoms with E-state index in [-0.39, 0.29) is 43.1 Å². The van der Waals surface area contributed by atoms with E-state index in [9.17, 15) is 23.1 Å². The second-order valence-electron chi connectivity index (χ2n) is 15.4. The van der Waals surface area contributed by atoms with Gasteiger partial charge in [0.25, 0.3) is 21.8 Å². The number of imide groups is 1. The van der Waals surface area contributed by atoms with Crippen molar-refractivity contribution in [2.24, 2.45) is 0 Å². The molecule has 322 valence electrons. The van der Waals surface area contributed by atoms with Gasteiger partial charge in [0.1, 0.15) is 24.4 Å². The number of carbonyl (C=O) groups is 2. The van der Waals surface area contributed by atoms with Crippen LogP contribution in [0.25, 0.3) is 10.9 Å².